The van der Waals surface area contributed by atoms with E-state index < -0.39 is 0 Å². The molecule has 0 radical (unpaired) electrons. The summed E-state index contributed by atoms with van der Waals surface area (Å²) < 4.78 is 0. The number of nitrogens with one attached hydrogen (secondary N) is 1. The zero-order valence-corrected chi connectivity index (χ0v) is 11.9. The van der Waals surface area contributed by atoms with Crippen LogP contribution in [0.25, 0.3) is 11.3 Å². The molecule has 0 spiro atoms. The summed E-state index contributed by atoms with van der Waals surface area (Å²) in [6.45, 7) is 6.83. The molecule has 0 bridgehead atoms. The second kappa shape index (κ2) is 6.11. The van der Waals surface area contributed by atoms with E-state index in [4.69, 9.17) is 5.26 Å². The van der Waals surface area contributed by atoms with Gasteiger partial charge in [0.1, 0.15) is 17.7 Å². The molecule has 102 valence electrons. The van der Waals surface area contributed by atoms with E-state index in [2.05, 4.69) is 26.3 Å². The summed E-state index contributed by atoms with van der Waals surface area (Å²) >= 11 is 0. The van der Waals surface area contributed by atoms with Crippen LogP contribution in [0.4, 0.5) is 5.82 Å². The highest BCUT2D eigenvalue weighted by atomic mass is 15.0. The molecule has 2 aromatic rings. The van der Waals surface area contributed by atoms with Crippen molar-refractivity contribution in [3.05, 3.63) is 35.4 Å². The first-order valence-electron chi connectivity index (χ1n) is 6.66. The molecule has 0 saturated carbocycles. The minimum atomic E-state index is 0.531. The number of pyridine rings is 1. The lowest BCUT2D eigenvalue weighted by atomic mass is 10.1. The number of anilines is 1. The van der Waals surface area contributed by atoms with Crippen molar-refractivity contribution in [1.82, 2.24) is 15.0 Å². The highest BCUT2D eigenvalue weighted by molar-refractivity contribution is 5.68. The Bertz CT molecular complexity index is 658. The third-order valence-corrected chi connectivity index (χ3v) is 2.99. The van der Waals surface area contributed by atoms with E-state index in [-0.39, 0.29) is 0 Å². The van der Waals surface area contributed by atoms with Crippen LogP contribution < -0.4 is 5.32 Å². The van der Waals surface area contributed by atoms with E-state index in [1.165, 1.54) is 0 Å². The summed E-state index contributed by atoms with van der Waals surface area (Å²) in [5, 5.41) is 12.2. The SMILES string of the molecule is CCNc1nc(CC)nc(-c2cncc(C#N)c2)c1C. The summed E-state index contributed by atoms with van der Waals surface area (Å²) in [4.78, 5) is 13.2. The molecule has 0 unspecified atom stereocenters. The molecule has 0 fully saturated rings. The summed E-state index contributed by atoms with van der Waals surface area (Å²) in [6.07, 6.45) is 4.04. The Labute approximate surface area is 118 Å². The van der Waals surface area contributed by atoms with Gasteiger partial charge in [0.2, 0.25) is 0 Å². The molecule has 0 aromatic carbocycles. The zero-order valence-electron chi connectivity index (χ0n) is 11.9. The predicted molar refractivity (Wildman–Crippen MR) is 78.3 cm³/mol. The number of hydrogen-bond acceptors (Lipinski definition) is 5. The van der Waals surface area contributed by atoms with Gasteiger partial charge in [0.15, 0.2) is 0 Å². The van der Waals surface area contributed by atoms with Gasteiger partial charge in [-0.15, -0.1) is 0 Å². The average molecular weight is 267 g/mol. The summed E-state index contributed by atoms with van der Waals surface area (Å²) in [6, 6.07) is 3.91. The molecule has 0 aliphatic rings. The number of hydrogen-bond donors (Lipinski definition) is 1. The molecule has 0 amide bonds. The number of rotatable bonds is 4. The van der Waals surface area contributed by atoms with E-state index >= 15 is 0 Å². The fourth-order valence-corrected chi connectivity index (χ4v) is 1.97. The molecule has 0 aliphatic carbocycles. The molecule has 0 atom stereocenters. The Morgan fingerprint density at radius 3 is 2.70 bits per heavy atom. The van der Waals surface area contributed by atoms with Gasteiger partial charge in [-0.25, -0.2) is 9.97 Å². The van der Waals surface area contributed by atoms with Crippen LogP contribution in [0.2, 0.25) is 0 Å². The van der Waals surface area contributed by atoms with E-state index in [9.17, 15) is 0 Å². The molecule has 5 heteroatoms. The first-order chi connectivity index (χ1) is 9.69. The molecular formula is C15H17N5. The predicted octanol–water partition coefficient (Wildman–Crippen LogP) is 2.71. The van der Waals surface area contributed by atoms with E-state index in [1.54, 1.807) is 18.5 Å². The molecule has 2 aromatic heterocycles. The van der Waals surface area contributed by atoms with Crippen molar-refractivity contribution in [2.45, 2.75) is 27.2 Å². The van der Waals surface area contributed by atoms with Gasteiger partial charge in [-0.05, 0) is 19.9 Å². The largest absolute Gasteiger partial charge is 0.370 e. The van der Waals surface area contributed by atoms with Gasteiger partial charge < -0.3 is 5.32 Å². The molecule has 0 aliphatic heterocycles. The second-order valence-corrected chi connectivity index (χ2v) is 4.42. The van der Waals surface area contributed by atoms with Crippen molar-refractivity contribution in [3.8, 4) is 17.3 Å². The van der Waals surface area contributed by atoms with Crippen LogP contribution in [-0.4, -0.2) is 21.5 Å². The van der Waals surface area contributed by atoms with Crippen LogP contribution >= 0.6 is 0 Å². The maximum Gasteiger partial charge on any atom is 0.133 e. The van der Waals surface area contributed by atoms with E-state index in [1.807, 2.05) is 20.8 Å². The first-order valence-corrected chi connectivity index (χ1v) is 6.66. The molecule has 1 N–H and O–H groups in total. The van der Waals surface area contributed by atoms with Crippen molar-refractivity contribution in [2.75, 3.05) is 11.9 Å². The Morgan fingerprint density at radius 1 is 1.25 bits per heavy atom. The summed E-state index contributed by atoms with van der Waals surface area (Å²) in [5.41, 5.74) is 3.18. The van der Waals surface area contributed by atoms with Gasteiger partial charge in [-0.2, -0.15) is 5.26 Å². The van der Waals surface area contributed by atoms with Gasteiger partial charge in [0, 0.05) is 36.5 Å². The summed E-state index contributed by atoms with van der Waals surface area (Å²) in [7, 11) is 0. The topological polar surface area (TPSA) is 74.5 Å². The van der Waals surface area contributed by atoms with Crippen LogP contribution in [0.1, 0.15) is 30.8 Å². The highest BCUT2D eigenvalue weighted by Crippen LogP contribution is 2.26. The minimum Gasteiger partial charge on any atom is -0.370 e. The number of aryl methyl sites for hydroxylation is 1. The summed E-state index contributed by atoms with van der Waals surface area (Å²) in [5.74, 6) is 1.63. The lowest BCUT2D eigenvalue weighted by molar-refractivity contribution is 0.929. The molecule has 20 heavy (non-hydrogen) atoms. The molecule has 2 rings (SSSR count). The van der Waals surface area contributed by atoms with Crippen molar-refractivity contribution < 1.29 is 0 Å². The molecular weight excluding hydrogens is 250 g/mol. The lowest BCUT2D eigenvalue weighted by Crippen LogP contribution is -2.07. The first kappa shape index (κ1) is 13.9. The fraction of sp³-hybridized carbons (Fsp3) is 0.333. The van der Waals surface area contributed by atoms with E-state index in [0.717, 1.165) is 41.4 Å². The Morgan fingerprint density at radius 2 is 2.05 bits per heavy atom. The van der Waals surface area contributed by atoms with Crippen LogP contribution in [0.15, 0.2) is 18.5 Å². The second-order valence-electron chi connectivity index (χ2n) is 4.42. The Hall–Kier alpha value is -2.48. The average Bonchev–Trinajstić information content (AvgIpc) is 2.49. The molecule has 0 saturated heterocycles. The quantitative estimate of drug-likeness (QED) is 0.921. The number of nitrogens with zero attached hydrogens (tertiary/aromatic N) is 4. The standard InChI is InChI=1S/C15H17N5/c1-4-13-19-14(10(3)15(20-13)18-5-2)12-6-11(7-16)8-17-9-12/h6,8-9H,4-5H2,1-3H3,(H,18,19,20). The Balaban J connectivity index is 2.60. The van der Waals surface area contributed by atoms with Gasteiger partial charge >= 0.3 is 0 Å². The highest BCUT2D eigenvalue weighted by Gasteiger charge is 2.12. The minimum absolute atomic E-state index is 0.531. The fourth-order valence-electron chi connectivity index (χ4n) is 1.97. The zero-order chi connectivity index (χ0) is 14.5. The van der Waals surface area contributed by atoms with Gasteiger partial charge in [-0.3, -0.25) is 4.98 Å². The van der Waals surface area contributed by atoms with Crippen molar-refractivity contribution in [1.29, 1.82) is 5.26 Å². The van der Waals surface area contributed by atoms with Crippen LogP contribution in [0, 0.1) is 18.3 Å². The lowest BCUT2D eigenvalue weighted by Gasteiger charge is -2.12. The van der Waals surface area contributed by atoms with Crippen molar-refractivity contribution >= 4 is 5.82 Å². The molecule has 5 nitrogen and oxygen atoms in total. The van der Waals surface area contributed by atoms with Gasteiger partial charge in [0.25, 0.3) is 0 Å². The van der Waals surface area contributed by atoms with Crippen LogP contribution in [0.3, 0.4) is 0 Å². The smallest absolute Gasteiger partial charge is 0.133 e. The van der Waals surface area contributed by atoms with Crippen LogP contribution in [-0.2, 0) is 6.42 Å². The van der Waals surface area contributed by atoms with Gasteiger partial charge in [0.05, 0.1) is 11.3 Å². The van der Waals surface area contributed by atoms with E-state index in [0.29, 0.717) is 5.56 Å². The maximum absolute atomic E-state index is 8.98. The van der Waals surface area contributed by atoms with Crippen molar-refractivity contribution in [3.63, 3.8) is 0 Å². The Kier molecular flexibility index (Phi) is 4.26. The van der Waals surface area contributed by atoms with Crippen molar-refractivity contribution in [2.24, 2.45) is 0 Å². The number of aromatic nitrogens is 3. The third kappa shape index (κ3) is 2.75. The monoisotopic (exact) mass is 267 g/mol. The maximum atomic E-state index is 8.98. The third-order valence-electron chi connectivity index (χ3n) is 2.99. The number of nitriles is 1. The normalized spacial score (nSPS) is 10.1. The molecule has 2 heterocycles. The van der Waals surface area contributed by atoms with Gasteiger partial charge in [-0.1, -0.05) is 6.92 Å². The van der Waals surface area contributed by atoms with Crippen LogP contribution in [0.5, 0.6) is 0 Å².